The fourth-order valence-corrected chi connectivity index (χ4v) is 4.83. The molecule has 4 heteroatoms. The number of hydrogen-bond donors (Lipinski definition) is 1. The molecule has 2 atom stereocenters. The number of carbonyl (C=O) groups is 1. The first-order valence-corrected chi connectivity index (χ1v) is 9.82. The number of aryl methyl sites for hydroxylation is 1. The molecular weight excluding hydrogens is 338 g/mol. The van der Waals surface area contributed by atoms with Gasteiger partial charge in [-0.1, -0.05) is 18.2 Å². The van der Waals surface area contributed by atoms with Crippen LogP contribution in [0.2, 0.25) is 0 Å². The molecule has 0 saturated heterocycles. The first kappa shape index (κ1) is 18.1. The second kappa shape index (κ2) is 7.01. The first-order valence-electron chi connectivity index (χ1n) is 9.82. The van der Waals surface area contributed by atoms with Crippen molar-refractivity contribution in [3.8, 4) is 5.75 Å². The van der Waals surface area contributed by atoms with Gasteiger partial charge in [0.2, 0.25) is 0 Å². The summed E-state index contributed by atoms with van der Waals surface area (Å²) in [7, 11) is 2.19. The molecule has 2 aromatic carbocycles. The maximum absolute atomic E-state index is 12.5. The van der Waals surface area contributed by atoms with Gasteiger partial charge in [-0.25, -0.2) is 4.79 Å². The zero-order valence-corrected chi connectivity index (χ0v) is 16.3. The molecule has 1 aliphatic heterocycles. The Morgan fingerprint density at radius 3 is 2.89 bits per heavy atom. The summed E-state index contributed by atoms with van der Waals surface area (Å²) in [6.45, 7) is 5.18. The summed E-state index contributed by atoms with van der Waals surface area (Å²) in [5.74, 6) is 0.282. The van der Waals surface area contributed by atoms with Crippen molar-refractivity contribution in [1.82, 2.24) is 4.90 Å². The van der Waals surface area contributed by atoms with Gasteiger partial charge in [-0.15, -0.1) is 0 Å². The predicted molar refractivity (Wildman–Crippen MR) is 108 cm³/mol. The van der Waals surface area contributed by atoms with Crippen LogP contribution in [-0.2, 0) is 17.6 Å². The highest BCUT2D eigenvalue weighted by atomic mass is 16.5. The minimum atomic E-state index is -0.234. The maximum Gasteiger partial charge on any atom is 0.338 e. The smallest absolute Gasteiger partial charge is 0.338 e. The van der Waals surface area contributed by atoms with Crippen LogP contribution < -0.4 is 0 Å². The number of benzene rings is 2. The summed E-state index contributed by atoms with van der Waals surface area (Å²) in [5, 5.41) is 10.4. The molecular formula is C23H29NO3. The van der Waals surface area contributed by atoms with E-state index in [1.54, 1.807) is 0 Å². The highest BCUT2D eigenvalue weighted by Gasteiger charge is 2.38. The topological polar surface area (TPSA) is 49.8 Å². The van der Waals surface area contributed by atoms with E-state index in [4.69, 9.17) is 4.74 Å². The second-order valence-corrected chi connectivity index (χ2v) is 7.75. The Bertz CT molecular complexity index is 896. The number of carbonyl (C=O) groups excluding carboxylic acids is 1. The van der Waals surface area contributed by atoms with E-state index in [2.05, 4.69) is 24.1 Å². The fraction of sp³-hybridized carbons (Fsp3) is 0.435. The third kappa shape index (κ3) is 3.02. The van der Waals surface area contributed by atoms with E-state index in [1.165, 1.54) is 16.7 Å². The van der Waals surface area contributed by atoms with Crippen molar-refractivity contribution in [2.75, 3.05) is 20.2 Å². The Morgan fingerprint density at radius 2 is 2.11 bits per heavy atom. The molecule has 0 spiro atoms. The van der Waals surface area contributed by atoms with Crippen LogP contribution in [0.15, 0.2) is 30.3 Å². The summed E-state index contributed by atoms with van der Waals surface area (Å²) in [6, 6.07) is 10.4. The molecule has 1 aliphatic carbocycles. The van der Waals surface area contributed by atoms with Crippen LogP contribution in [0, 0.1) is 6.92 Å². The van der Waals surface area contributed by atoms with Gasteiger partial charge < -0.3 is 14.7 Å². The van der Waals surface area contributed by atoms with Crippen LogP contribution in [0.5, 0.6) is 5.75 Å². The Morgan fingerprint density at radius 1 is 1.30 bits per heavy atom. The van der Waals surface area contributed by atoms with E-state index in [0.29, 0.717) is 24.0 Å². The molecule has 0 fully saturated rings. The highest BCUT2D eigenvalue weighted by Crippen LogP contribution is 2.44. The van der Waals surface area contributed by atoms with Crippen molar-refractivity contribution in [1.29, 1.82) is 0 Å². The van der Waals surface area contributed by atoms with Gasteiger partial charge in [-0.2, -0.15) is 0 Å². The molecule has 144 valence electrons. The van der Waals surface area contributed by atoms with Crippen LogP contribution in [0.3, 0.4) is 0 Å². The molecule has 4 nitrogen and oxygen atoms in total. The lowest BCUT2D eigenvalue weighted by atomic mass is 9.73. The van der Waals surface area contributed by atoms with Crippen LogP contribution in [0.1, 0.15) is 58.9 Å². The Labute approximate surface area is 162 Å². The lowest BCUT2D eigenvalue weighted by Gasteiger charge is -2.38. The van der Waals surface area contributed by atoms with Crippen LogP contribution in [0.25, 0.3) is 0 Å². The molecule has 0 bridgehead atoms. The van der Waals surface area contributed by atoms with Gasteiger partial charge in [0, 0.05) is 19.9 Å². The third-order valence-corrected chi connectivity index (χ3v) is 6.21. The minimum absolute atomic E-state index is 0. The van der Waals surface area contributed by atoms with E-state index in [0.717, 1.165) is 36.9 Å². The SMILES string of the molecule is CCOC(=O)c1cccc2c1CCC1C2c2cc(O)c(C)cc2CCN1C.[HH]. The third-order valence-electron chi connectivity index (χ3n) is 6.21. The lowest BCUT2D eigenvalue weighted by molar-refractivity contribution is 0.0524. The molecule has 4 rings (SSSR count). The molecule has 0 aromatic heterocycles. The van der Waals surface area contributed by atoms with E-state index in [1.807, 2.05) is 32.0 Å². The van der Waals surface area contributed by atoms with Gasteiger partial charge >= 0.3 is 5.97 Å². The molecule has 2 aliphatic rings. The van der Waals surface area contributed by atoms with E-state index < -0.39 is 0 Å². The predicted octanol–water partition coefficient (Wildman–Crippen LogP) is 4.06. The Kier molecular flexibility index (Phi) is 4.68. The number of fused-ring (bicyclic) bond motifs is 5. The van der Waals surface area contributed by atoms with E-state index >= 15 is 0 Å². The summed E-state index contributed by atoms with van der Waals surface area (Å²) in [4.78, 5) is 14.9. The molecule has 1 heterocycles. The maximum atomic E-state index is 12.5. The number of aromatic hydroxyl groups is 1. The van der Waals surface area contributed by atoms with Crippen LogP contribution in [-0.4, -0.2) is 42.2 Å². The van der Waals surface area contributed by atoms with Crippen molar-refractivity contribution in [3.63, 3.8) is 0 Å². The number of esters is 1. The quantitative estimate of drug-likeness (QED) is 0.814. The van der Waals surface area contributed by atoms with Gasteiger partial charge in [0.1, 0.15) is 5.75 Å². The van der Waals surface area contributed by atoms with E-state index in [-0.39, 0.29) is 13.3 Å². The number of likely N-dealkylation sites (N-methyl/N-ethyl adjacent to an activating group) is 1. The average Bonchev–Trinajstić information content (AvgIpc) is 2.79. The zero-order valence-electron chi connectivity index (χ0n) is 16.3. The summed E-state index contributed by atoms with van der Waals surface area (Å²) < 4.78 is 5.29. The molecule has 1 N–H and O–H groups in total. The van der Waals surface area contributed by atoms with Gasteiger partial charge in [0.15, 0.2) is 0 Å². The minimum Gasteiger partial charge on any atom is -0.508 e. The van der Waals surface area contributed by atoms with Gasteiger partial charge in [0.05, 0.1) is 12.2 Å². The fourth-order valence-electron chi connectivity index (χ4n) is 4.83. The summed E-state index contributed by atoms with van der Waals surface area (Å²) >= 11 is 0. The molecule has 27 heavy (non-hydrogen) atoms. The van der Waals surface area contributed by atoms with Crippen LogP contribution >= 0.6 is 0 Å². The molecule has 0 radical (unpaired) electrons. The summed E-state index contributed by atoms with van der Waals surface area (Å²) in [5.41, 5.74) is 6.44. The number of phenols is 1. The van der Waals surface area contributed by atoms with Gasteiger partial charge in [-0.05, 0) is 80.1 Å². The number of rotatable bonds is 2. The normalized spacial score (nSPS) is 21.6. The highest BCUT2D eigenvalue weighted by molar-refractivity contribution is 5.91. The Balaban J connectivity index is 0.00000225. The number of phenolic OH excluding ortho intramolecular Hbond substituents is 1. The van der Waals surface area contributed by atoms with Gasteiger partial charge in [-0.3, -0.25) is 0 Å². The Hall–Kier alpha value is -2.33. The first-order chi connectivity index (χ1) is 13.0. The van der Waals surface area contributed by atoms with Crippen molar-refractivity contribution >= 4 is 5.97 Å². The molecule has 2 unspecified atom stereocenters. The van der Waals surface area contributed by atoms with E-state index in [9.17, 15) is 9.90 Å². The van der Waals surface area contributed by atoms with Crippen molar-refractivity contribution in [3.05, 3.63) is 63.7 Å². The number of hydrogen-bond acceptors (Lipinski definition) is 4. The average molecular weight is 367 g/mol. The zero-order chi connectivity index (χ0) is 19.1. The lowest BCUT2D eigenvalue weighted by Crippen LogP contribution is -2.40. The summed E-state index contributed by atoms with van der Waals surface area (Å²) in [6.07, 6.45) is 2.86. The molecule has 0 amide bonds. The largest absolute Gasteiger partial charge is 0.508 e. The number of nitrogens with zero attached hydrogens (tertiary/aromatic N) is 1. The molecule has 0 saturated carbocycles. The monoisotopic (exact) mass is 367 g/mol. The standard InChI is InChI=1S/C23H27NO3.H2/c1-4-27-23(26)18-7-5-6-17-16(18)8-9-20-22(17)19-13-21(25)14(2)12-15(19)10-11-24(20)3;/h5-7,12-13,20,22,25H,4,8-11H2,1-3H3;1H. The van der Waals surface area contributed by atoms with Crippen molar-refractivity contribution in [2.45, 2.75) is 45.1 Å². The number of ether oxygens (including phenoxy) is 1. The van der Waals surface area contributed by atoms with Crippen LogP contribution in [0.4, 0.5) is 0 Å². The van der Waals surface area contributed by atoms with Gasteiger partial charge in [0.25, 0.3) is 0 Å². The second-order valence-electron chi connectivity index (χ2n) is 7.75. The molecule has 2 aromatic rings. The van der Waals surface area contributed by atoms with Crippen molar-refractivity contribution < 1.29 is 16.1 Å². The van der Waals surface area contributed by atoms with Crippen molar-refractivity contribution in [2.24, 2.45) is 0 Å².